The van der Waals surface area contributed by atoms with Crippen LogP contribution in [0.4, 0.5) is 0 Å². The summed E-state index contributed by atoms with van der Waals surface area (Å²) >= 11 is 9.38. The van der Waals surface area contributed by atoms with Gasteiger partial charge in [-0.15, -0.1) is 12.4 Å². The quantitative estimate of drug-likeness (QED) is 0.807. The van der Waals surface area contributed by atoms with Gasteiger partial charge in [-0.1, -0.05) is 27.5 Å². The van der Waals surface area contributed by atoms with E-state index in [0.29, 0.717) is 19.1 Å². The number of benzene rings is 1. The van der Waals surface area contributed by atoms with Gasteiger partial charge in [0.25, 0.3) is 0 Å². The highest BCUT2D eigenvalue weighted by atomic mass is 79.9. The molecule has 2 fully saturated rings. The fourth-order valence-corrected chi connectivity index (χ4v) is 5.46. The van der Waals surface area contributed by atoms with Crippen molar-refractivity contribution in [2.75, 3.05) is 13.1 Å². The average molecular weight is 416 g/mol. The zero-order valence-corrected chi connectivity index (χ0v) is 15.2. The lowest BCUT2D eigenvalue weighted by Gasteiger charge is -2.24. The standard InChI is InChI=1S/C13H16BrClN2O2S.ClH/c14-9-1-4-12(15)13(7-9)20(18,19)17-6-5-10-2-3-11(8-17)16-10;/h1,4,7,10-11,16H,2-3,5-6,8H2;1H. The van der Waals surface area contributed by atoms with Gasteiger partial charge in [-0.05, 0) is 37.5 Å². The summed E-state index contributed by atoms with van der Waals surface area (Å²) in [5.41, 5.74) is 0. The van der Waals surface area contributed by atoms with E-state index in [4.69, 9.17) is 11.6 Å². The highest BCUT2D eigenvalue weighted by Crippen LogP contribution is 2.30. The SMILES string of the molecule is Cl.O=S(=O)(c1cc(Br)ccc1Cl)N1CCC2CCC(C1)N2. The second-order valence-electron chi connectivity index (χ2n) is 5.36. The van der Waals surface area contributed by atoms with Gasteiger partial charge in [0, 0.05) is 29.6 Å². The molecule has 0 spiro atoms. The molecule has 2 bridgehead atoms. The van der Waals surface area contributed by atoms with Crippen LogP contribution in [0.15, 0.2) is 27.6 Å². The Kier molecular flexibility index (Phi) is 5.60. The van der Waals surface area contributed by atoms with E-state index in [0.717, 1.165) is 23.7 Å². The Balaban J connectivity index is 0.00000161. The minimum absolute atomic E-state index is 0. The van der Waals surface area contributed by atoms with Crippen molar-refractivity contribution in [1.82, 2.24) is 9.62 Å². The first-order valence-corrected chi connectivity index (χ1v) is 9.29. The Morgan fingerprint density at radius 1 is 1.24 bits per heavy atom. The van der Waals surface area contributed by atoms with Crippen LogP contribution in [0, 0.1) is 0 Å². The maximum absolute atomic E-state index is 12.8. The summed E-state index contributed by atoms with van der Waals surface area (Å²) in [6, 6.07) is 5.66. The molecule has 2 aliphatic rings. The molecule has 0 saturated carbocycles. The van der Waals surface area contributed by atoms with Crippen molar-refractivity contribution in [2.24, 2.45) is 0 Å². The molecule has 1 aromatic rings. The molecule has 21 heavy (non-hydrogen) atoms. The molecule has 0 amide bonds. The van der Waals surface area contributed by atoms with Crippen LogP contribution in [-0.4, -0.2) is 37.9 Å². The summed E-state index contributed by atoms with van der Waals surface area (Å²) in [6.45, 7) is 1.08. The summed E-state index contributed by atoms with van der Waals surface area (Å²) in [5.74, 6) is 0. The maximum Gasteiger partial charge on any atom is 0.244 e. The average Bonchev–Trinajstić information content (AvgIpc) is 2.71. The van der Waals surface area contributed by atoms with Crippen molar-refractivity contribution in [3.05, 3.63) is 27.7 Å². The molecule has 2 heterocycles. The van der Waals surface area contributed by atoms with Crippen molar-refractivity contribution < 1.29 is 8.42 Å². The molecule has 0 aromatic heterocycles. The van der Waals surface area contributed by atoms with E-state index in [2.05, 4.69) is 21.2 Å². The number of rotatable bonds is 2. The van der Waals surface area contributed by atoms with Crippen LogP contribution in [0.2, 0.25) is 5.02 Å². The lowest BCUT2D eigenvalue weighted by Crippen LogP contribution is -2.39. The molecule has 0 radical (unpaired) electrons. The Bertz CT molecular complexity index is 627. The van der Waals surface area contributed by atoms with Crippen molar-refractivity contribution >= 4 is 50.0 Å². The summed E-state index contributed by atoms with van der Waals surface area (Å²) in [5, 5.41) is 3.76. The van der Waals surface area contributed by atoms with Crippen LogP contribution in [0.25, 0.3) is 0 Å². The molecule has 8 heteroatoms. The van der Waals surface area contributed by atoms with E-state index >= 15 is 0 Å². The van der Waals surface area contributed by atoms with E-state index in [1.165, 1.54) is 0 Å². The van der Waals surface area contributed by atoms with Gasteiger partial charge >= 0.3 is 0 Å². The predicted molar refractivity (Wildman–Crippen MR) is 89.7 cm³/mol. The molecule has 0 aliphatic carbocycles. The first-order valence-electron chi connectivity index (χ1n) is 6.68. The van der Waals surface area contributed by atoms with Crippen LogP contribution in [0.3, 0.4) is 0 Å². The second kappa shape index (κ2) is 6.72. The minimum atomic E-state index is -3.53. The van der Waals surface area contributed by atoms with Crippen LogP contribution in [0.1, 0.15) is 19.3 Å². The van der Waals surface area contributed by atoms with Crippen LogP contribution >= 0.6 is 39.9 Å². The number of nitrogens with zero attached hydrogens (tertiary/aromatic N) is 1. The number of halogens is 3. The number of hydrogen-bond acceptors (Lipinski definition) is 3. The first kappa shape index (κ1) is 17.5. The second-order valence-corrected chi connectivity index (χ2v) is 8.59. The molecule has 2 atom stereocenters. The highest BCUT2D eigenvalue weighted by molar-refractivity contribution is 9.10. The van der Waals surface area contributed by atoms with Crippen LogP contribution in [0.5, 0.6) is 0 Å². The van der Waals surface area contributed by atoms with Gasteiger partial charge in [-0.25, -0.2) is 8.42 Å². The molecule has 3 rings (SSSR count). The fraction of sp³-hybridized carbons (Fsp3) is 0.538. The monoisotopic (exact) mass is 414 g/mol. The third kappa shape index (κ3) is 3.57. The molecular weight excluding hydrogens is 399 g/mol. The minimum Gasteiger partial charge on any atom is -0.310 e. The van der Waals surface area contributed by atoms with Gasteiger partial charge in [-0.2, -0.15) is 4.31 Å². The molecular formula is C13H17BrCl2N2O2S. The van der Waals surface area contributed by atoms with Crippen molar-refractivity contribution in [1.29, 1.82) is 0 Å². The van der Waals surface area contributed by atoms with Gasteiger partial charge in [0.2, 0.25) is 10.0 Å². The molecule has 1 aromatic carbocycles. The summed E-state index contributed by atoms with van der Waals surface area (Å²) in [6.07, 6.45) is 3.06. The topological polar surface area (TPSA) is 49.4 Å². The molecule has 2 unspecified atom stereocenters. The highest BCUT2D eigenvalue weighted by Gasteiger charge is 2.35. The van der Waals surface area contributed by atoms with Crippen LogP contribution < -0.4 is 5.32 Å². The van der Waals surface area contributed by atoms with E-state index in [9.17, 15) is 8.42 Å². The van der Waals surface area contributed by atoms with Crippen molar-refractivity contribution in [3.63, 3.8) is 0 Å². The van der Waals surface area contributed by atoms with Crippen molar-refractivity contribution in [3.8, 4) is 0 Å². The Morgan fingerprint density at radius 3 is 2.71 bits per heavy atom. The lowest BCUT2D eigenvalue weighted by atomic mass is 10.1. The first-order chi connectivity index (χ1) is 9.46. The fourth-order valence-electron chi connectivity index (χ4n) is 2.94. The number of sulfonamides is 1. The summed E-state index contributed by atoms with van der Waals surface area (Å²) in [7, 11) is -3.53. The Morgan fingerprint density at radius 2 is 1.95 bits per heavy atom. The van der Waals surface area contributed by atoms with Gasteiger partial charge in [-0.3, -0.25) is 0 Å². The van der Waals surface area contributed by atoms with E-state index in [-0.39, 0.29) is 28.4 Å². The smallest absolute Gasteiger partial charge is 0.244 e. The maximum atomic E-state index is 12.8. The molecule has 2 aliphatic heterocycles. The molecule has 2 saturated heterocycles. The van der Waals surface area contributed by atoms with Crippen LogP contribution in [-0.2, 0) is 10.0 Å². The van der Waals surface area contributed by atoms with E-state index in [1.807, 2.05) is 0 Å². The molecule has 118 valence electrons. The van der Waals surface area contributed by atoms with Gasteiger partial charge in [0.15, 0.2) is 0 Å². The number of hydrogen-bond donors (Lipinski definition) is 1. The zero-order chi connectivity index (χ0) is 14.3. The number of fused-ring (bicyclic) bond motifs is 2. The normalized spacial score (nSPS) is 26.2. The van der Waals surface area contributed by atoms with E-state index in [1.54, 1.807) is 22.5 Å². The van der Waals surface area contributed by atoms with Gasteiger partial charge in [0.1, 0.15) is 4.90 Å². The molecule has 4 nitrogen and oxygen atoms in total. The summed E-state index contributed by atoms with van der Waals surface area (Å²) in [4.78, 5) is 0.186. The zero-order valence-electron chi connectivity index (χ0n) is 11.3. The lowest BCUT2D eigenvalue weighted by molar-refractivity contribution is 0.383. The van der Waals surface area contributed by atoms with Gasteiger partial charge in [0.05, 0.1) is 5.02 Å². The largest absolute Gasteiger partial charge is 0.310 e. The predicted octanol–water partition coefficient (Wildman–Crippen LogP) is 3.04. The Hall–Kier alpha value is 0.150. The molecule has 1 N–H and O–H groups in total. The summed E-state index contributed by atoms with van der Waals surface area (Å²) < 4.78 is 27.8. The van der Waals surface area contributed by atoms with Crippen molar-refractivity contribution in [2.45, 2.75) is 36.2 Å². The Labute approximate surface area is 144 Å². The third-order valence-corrected chi connectivity index (χ3v) is 6.84. The van der Waals surface area contributed by atoms with E-state index < -0.39 is 10.0 Å². The number of nitrogens with one attached hydrogen (secondary N) is 1. The van der Waals surface area contributed by atoms with Gasteiger partial charge < -0.3 is 5.32 Å². The third-order valence-electron chi connectivity index (χ3n) is 4.00.